The van der Waals surface area contributed by atoms with E-state index in [1.807, 2.05) is 0 Å². The molecule has 0 amide bonds. The third-order valence-electron chi connectivity index (χ3n) is 4.42. The van der Waals surface area contributed by atoms with Gasteiger partial charge in [-0.15, -0.1) is 0 Å². The van der Waals surface area contributed by atoms with E-state index in [-0.39, 0.29) is 0 Å². The highest BCUT2D eigenvalue weighted by Crippen LogP contribution is 2.34. The number of alkyl halides is 3. The summed E-state index contributed by atoms with van der Waals surface area (Å²) in [7, 11) is -2.28. The molecule has 0 fully saturated rings. The number of rotatable bonds is 3. The maximum Gasteiger partial charge on any atom is 0.416 e. The van der Waals surface area contributed by atoms with Crippen molar-refractivity contribution < 1.29 is 21.6 Å². The molecule has 1 N–H and O–H groups in total. The predicted octanol–water partition coefficient (Wildman–Crippen LogP) is 3.10. The van der Waals surface area contributed by atoms with E-state index in [2.05, 4.69) is 9.82 Å². The molecule has 25 heavy (non-hydrogen) atoms. The summed E-state index contributed by atoms with van der Waals surface area (Å²) in [5.74, 6) is 0. The SMILES string of the molecule is Cc1nn(C)c2c1C(NS(=O)(=O)c1cccc(C(F)(F)F)c1)CCC2. The van der Waals surface area contributed by atoms with Crippen molar-refractivity contribution in [1.29, 1.82) is 0 Å². The molecule has 1 heterocycles. The maximum absolute atomic E-state index is 12.8. The van der Waals surface area contributed by atoms with Crippen LogP contribution >= 0.6 is 0 Å². The minimum atomic E-state index is -4.59. The molecular weight excluding hydrogens is 355 g/mol. The van der Waals surface area contributed by atoms with Crippen LogP contribution < -0.4 is 4.72 Å². The second-order valence-electron chi connectivity index (χ2n) is 6.16. The highest BCUT2D eigenvalue weighted by atomic mass is 32.2. The summed E-state index contributed by atoms with van der Waals surface area (Å²) in [6.45, 7) is 1.80. The van der Waals surface area contributed by atoms with Crippen molar-refractivity contribution in [2.75, 3.05) is 0 Å². The number of aryl methyl sites for hydroxylation is 2. The van der Waals surface area contributed by atoms with Crippen LogP contribution in [0.4, 0.5) is 13.2 Å². The van der Waals surface area contributed by atoms with E-state index in [9.17, 15) is 21.6 Å². The summed E-state index contributed by atoms with van der Waals surface area (Å²) >= 11 is 0. The largest absolute Gasteiger partial charge is 0.416 e. The van der Waals surface area contributed by atoms with Gasteiger partial charge in [-0.05, 0) is 44.4 Å². The Morgan fingerprint density at radius 2 is 2.04 bits per heavy atom. The lowest BCUT2D eigenvalue weighted by Crippen LogP contribution is -2.31. The number of hydrogen-bond acceptors (Lipinski definition) is 3. The van der Waals surface area contributed by atoms with Crippen molar-refractivity contribution in [2.24, 2.45) is 7.05 Å². The van der Waals surface area contributed by atoms with Crippen LogP contribution in [0.2, 0.25) is 0 Å². The molecule has 9 heteroatoms. The molecule has 5 nitrogen and oxygen atoms in total. The van der Waals surface area contributed by atoms with E-state index in [0.717, 1.165) is 48.0 Å². The van der Waals surface area contributed by atoms with Crippen LogP contribution in [0.3, 0.4) is 0 Å². The van der Waals surface area contributed by atoms with Crippen molar-refractivity contribution in [2.45, 2.75) is 43.3 Å². The van der Waals surface area contributed by atoms with Crippen LogP contribution in [0.5, 0.6) is 0 Å². The Morgan fingerprint density at radius 3 is 2.72 bits per heavy atom. The first-order valence-electron chi connectivity index (χ1n) is 7.81. The molecule has 0 radical (unpaired) electrons. The molecule has 136 valence electrons. The molecule has 3 rings (SSSR count). The lowest BCUT2D eigenvalue weighted by Gasteiger charge is -2.24. The normalized spacial score (nSPS) is 18.2. The fourth-order valence-corrected chi connectivity index (χ4v) is 4.59. The number of benzene rings is 1. The third-order valence-corrected chi connectivity index (χ3v) is 5.88. The molecule has 2 aromatic rings. The van der Waals surface area contributed by atoms with Gasteiger partial charge in [-0.2, -0.15) is 18.3 Å². The summed E-state index contributed by atoms with van der Waals surface area (Å²) in [5, 5.41) is 4.33. The number of nitrogens with zero attached hydrogens (tertiary/aromatic N) is 2. The molecule has 1 unspecified atom stereocenters. The van der Waals surface area contributed by atoms with Crippen molar-refractivity contribution in [3.05, 3.63) is 46.8 Å². The van der Waals surface area contributed by atoms with Gasteiger partial charge in [-0.1, -0.05) is 6.07 Å². The monoisotopic (exact) mass is 373 g/mol. The van der Waals surface area contributed by atoms with Gasteiger partial charge in [0.15, 0.2) is 0 Å². The van der Waals surface area contributed by atoms with Gasteiger partial charge >= 0.3 is 6.18 Å². The molecule has 1 atom stereocenters. The van der Waals surface area contributed by atoms with Gasteiger partial charge < -0.3 is 0 Å². The minimum absolute atomic E-state index is 0.393. The molecule has 1 aromatic heterocycles. The molecule has 0 aliphatic heterocycles. The summed E-state index contributed by atoms with van der Waals surface area (Å²) in [5.41, 5.74) is 1.52. The second-order valence-corrected chi connectivity index (χ2v) is 7.88. The van der Waals surface area contributed by atoms with E-state index >= 15 is 0 Å². The van der Waals surface area contributed by atoms with E-state index in [1.165, 1.54) is 0 Å². The first-order chi connectivity index (χ1) is 11.6. The standard InChI is InChI=1S/C16H18F3N3O2S/c1-10-15-13(7-4-8-14(15)22(2)20-10)21-25(23,24)12-6-3-5-11(9-12)16(17,18)19/h3,5-6,9,13,21H,4,7-8H2,1-2H3. The first-order valence-corrected chi connectivity index (χ1v) is 9.30. The van der Waals surface area contributed by atoms with E-state index in [4.69, 9.17) is 0 Å². The zero-order valence-electron chi connectivity index (χ0n) is 13.8. The average Bonchev–Trinajstić information content (AvgIpc) is 2.82. The predicted molar refractivity (Wildman–Crippen MR) is 85.4 cm³/mol. The number of aromatic nitrogens is 2. The Bertz CT molecular complexity index is 904. The van der Waals surface area contributed by atoms with Gasteiger partial charge in [-0.25, -0.2) is 13.1 Å². The van der Waals surface area contributed by atoms with E-state index in [1.54, 1.807) is 18.7 Å². The Balaban J connectivity index is 1.94. The molecule has 1 aliphatic carbocycles. The van der Waals surface area contributed by atoms with Crippen molar-refractivity contribution in [3.63, 3.8) is 0 Å². The number of hydrogen-bond donors (Lipinski definition) is 1. The fourth-order valence-electron chi connectivity index (χ4n) is 3.30. The van der Waals surface area contributed by atoms with Gasteiger partial charge in [0.2, 0.25) is 10.0 Å². The molecular formula is C16H18F3N3O2S. The van der Waals surface area contributed by atoms with Gasteiger partial charge in [0.25, 0.3) is 0 Å². The summed E-state index contributed by atoms with van der Waals surface area (Å²) in [6.07, 6.45) is -2.43. The Hall–Kier alpha value is -1.87. The number of nitrogens with one attached hydrogen (secondary N) is 1. The fraction of sp³-hybridized carbons (Fsp3) is 0.438. The molecule has 0 saturated heterocycles. The first kappa shape index (κ1) is 17.9. The number of halogens is 3. The van der Waals surface area contributed by atoms with Crippen molar-refractivity contribution in [1.82, 2.24) is 14.5 Å². The van der Waals surface area contributed by atoms with Crippen LogP contribution in [-0.2, 0) is 29.7 Å². The van der Waals surface area contributed by atoms with E-state index < -0.39 is 32.7 Å². The topological polar surface area (TPSA) is 64.0 Å². The number of sulfonamides is 1. The van der Waals surface area contributed by atoms with Gasteiger partial charge in [0.1, 0.15) is 0 Å². The lowest BCUT2D eigenvalue weighted by molar-refractivity contribution is -0.137. The van der Waals surface area contributed by atoms with Crippen molar-refractivity contribution in [3.8, 4) is 0 Å². The Morgan fingerprint density at radius 1 is 1.32 bits per heavy atom. The van der Waals surface area contributed by atoms with Crippen LogP contribution in [-0.4, -0.2) is 18.2 Å². The molecule has 1 aliphatic rings. The van der Waals surface area contributed by atoms with Gasteiger partial charge in [-0.3, -0.25) is 4.68 Å². The number of fused-ring (bicyclic) bond motifs is 1. The summed E-state index contributed by atoms with van der Waals surface area (Å²) < 4.78 is 68.0. The molecule has 0 spiro atoms. The minimum Gasteiger partial charge on any atom is -0.272 e. The average molecular weight is 373 g/mol. The molecule has 1 aromatic carbocycles. The zero-order valence-corrected chi connectivity index (χ0v) is 14.6. The molecule has 0 bridgehead atoms. The zero-order chi connectivity index (χ0) is 18.4. The van der Waals surface area contributed by atoms with Crippen LogP contribution in [0.15, 0.2) is 29.2 Å². The summed E-state index contributed by atoms with van der Waals surface area (Å²) in [4.78, 5) is -0.393. The van der Waals surface area contributed by atoms with Gasteiger partial charge in [0.05, 0.1) is 22.2 Å². The second kappa shape index (κ2) is 6.14. The Kier molecular flexibility index (Phi) is 4.40. The highest BCUT2D eigenvalue weighted by molar-refractivity contribution is 7.89. The Labute approximate surface area is 143 Å². The van der Waals surface area contributed by atoms with Crippen LogP contribution in [0.1, 0.15) is 41.4 Å². The lowest BCUT2D eigenvalue weighted by atomic mass is 9.92. The smallest absolute Gasteiger partial charge is 0.272 e. The van der Waals surface area contributed by atoms with Gasteiger partial charge in [0, 0.05) is 18.3 Å². The highest BCUT2D eigenvalue weighted by Gasteiger charge is 2.33. The van der Waals surface area contributed by atoms with E-state index in [0.29, 0.717) is 12.5 Å². The van der Waals surface area contributed by atoms with Crippen molar-refractivity contribution >= 4 is 10.0 Å². The maximum atomic E-state index is 12.8. The third kappa shape index (κ3) is 3.43. The summed E-state index contributed by atoms with van der Waals surface area (Å²) in [6, 6.07) is 3.28. The van der Waals surface area contributed by atoms with Crippen LogP contribution in [0.25, 0.3) is 0 Å². The quantitative estimate of drug-likeness (QED) is 0.899. The van der Waals surface area contributed by atoms with Crippen LogP contribution in [0, 0.1) is 6.92 Å². The molecule has 0 saturated carbocycles.